The maximum atomic E-state index is 12.8. The van der Waals surface area contributed by atoms with Crippen molar-refractivity contribution >= 4 is 9.84 Å². The van der Waals surface area contributed by atoms with Crippen molar-refractivity contribution in [2.45, 2.75) is 49.6 Å². The molecule has 5 nitrogen and oxygen atoms in total. The second kappa shape index (κ2) is 10.5. The van der Waals surface area contributed by atoms with Crippen LogP contribution in [-0.2, 0) is 28.7 Å². The van der Waals surface area contributed by atoms with E-state index >= 15 is 0 Å². The summed E-state index contributed by atoms with van der Waals surface area (Å²) in [5.41, 5.74) is 3.00. The average molecular weight is 471 g/mol. The van der Waals surface area contributed by atoms with Crippen LogP contribution in [0.25, 0.3) is 0 Å². The SMILES string of the molecule is [2H]C1([2H])CC[C@]([2H])(C([2H])([2H])O)N1Cc1ccc(COc2cc(C)cc(CS(=O)(=O)c3ccccc3)c2)cc1. The fourth-order valence-electron chi connectivity index (χ4n) is 3.82. The number of aliphatic hydroxyl groups is 1. The van der Waals surface area contributed by atoms with E-state index in [2.05, 4.69) is 0 Å². The Morgan fingerprint density at radius 1 is 1.09 bits per heavy atom. The molecule has 1 N–H and O–H groups in total. The summed E-state index contributed by atoms with van der Waals surface area (Å²) >= 11 is 0. The lowest BCUT2D eigenvalue weighted by Gasteiger charge is -2.22. The standard InChI is InChI=1S/C27H31NO4S/c1-21-14-24(20-33(30,31)27-7-3-2-4-8-27)16-26(15-21)32-19-23-11-9-22(10-12-23)17-28-13-5-6-25(28)18-29/h2-4,7-12,14-16,25,29H,5-6,13,17-20H2,1H3/t25-/m1/s1/i13D2,18D2,25D. The van der Waals surface area contributed by atoms with Crippen molar-refractivity contribution in [3.05, 3.63) is 95.1 Å². The van der Waals surface area contributed by atoms with Gasteiger partial charge in [0.2, 0.25) is 0 Å². The molecule has 3 aromatic carbocycles. The summed E-state index contributed by atoms with van der Waals surface area (Å²) in [6.07, 6.45) is -0.172. The van der Waals surface area contributed by atoms with Crippen LogP contribution >= 0.6 is 0 Å². The van der Waals surface area contributed by atoms with Crippen LogP contribution in [-0.4, -0.2) is 37.5 Å². The van der Waals surface area contributed by atoms with Crippen LogP contribution in [0.2, 0.25) is 0 Å². The molecule has 0 saturated carbocycles. The van der Waals surface area contributed by atoms with Crippen molar-refractivity contribution in [1.82, 2.24) is 4.90 Å². The van der Waals surface area contributed by atoms with Gasteiger partial charge in [-0.05, 0) is 72.8 Å². The molecule has 0 spiro atoms. The Labute approximate surface area is 203 Å². The zero-order valence-electron chi connectivity index (χ0n) is 23.5. The Balaban J connectivity index is 1.43. The third-order valence-electron chi connectivity index (χ3n) is 5.46. The van der Waals surface area contributed by atoms with Crippen LogP contribution in [0.5, 0.6) is 5.75 Å². The maximum Gasteiger partial charge on any atom is 0.182 e. The minimum Gasteiger partial charge on any atom is -0.489 e. The normalized spacial score (nSPS) is 23.2. The van der Waals surface area contributed by atoms with E-state index in [0.29, 0.717) is 16.9 Å². The highest BCUT2D eigenvalue weighted by Crippen LogP contribution is 2.23. The summed E-state index contributed by atoms with van der Waals surface area (Å²) in [6, 6.07) is 18.7. The van der Waals surface area contributed by atoms with Crippen molar-refractivity contribution in [2.75, 3.05) is 13.1 Å². The Morgan fingerprint density at radius 2 is 1.82 bits per heavy atom. The van der Waals surface area contributed by atoms with E-state index in [-0.39, 0.29) is 36.6 Å². The molecule has 0 unspecified atom stereocenters. The number of sulfone groups is 1. The molecule has 0 aromatic heterocycles. The fraction of sp³-hybridized carbons (Fsp3) is 0.333. The van der Waals surface area contributed by atoms with E-state index in [9.17, 15) is 13.5 Å². The van der Waals surface area contributed by atoms with Crippen molar-refractivity contribution in [1.29, 1.82) is 0 Å². The first-order valence-corrected chi connectivity index (χ1v) is 12.4. The molecule has 174 valence electrons. The van der Waals surface area contributed by atoms with E-state index < -0.39 is 28.9 Å². The molecule has 1 aliphatic heterocycles. The average Bonchev–Trinajstić information content (AvgIpc) is 3.08. The molecule has 1 heterocycles. The highest BCUT2D eigenvalue weighted by atomic mass is 32.2. The van der Waals surface area contributed by atoms with Crippen molar-refractivity contribution in [2.24, 2.45) is 0 Å². The molecule has 4 rings (SSSR count). The van der Waals surface area contributed by atoms with Gasteiger partial charge in [-0.3, -0.25) is 4.90 Å². The monoisotopic (exact) mass is 470 g/mol. The van der Waals surface area contributed by atoms with Crippen LogP contribution in [0.4, 0.5) is 0 Å². The first kappa shape index (κ1) is 17.8. The molecule has 6 heteroatoms. The first-order valence-electron chi connectivity index (χ1n) is 13.3. The second-order valence-corrected chi connectivity index (χ2v) is 10.1. The molecular formula is C27H31NO4S. The van der Waals surface area contributed by atoms with Crippen molar-refractivity contribution in [3.63, 3.8) is 0 Å². The predicted octanol–water partition coefficient (Wildman–Crippen LogP) is 4.50. The van der Waals surface area contributed by atoms with Gasteiger partial charge >= 0.3 is 0 Å². The lowest BCUT2D eigenvalue weighted by Crippen LogP contribution is -2.31. The smallest absolute Gasteiger partial charge is 0.182 e. The summed E-state index contributed by atoms with van der Waals surface area (Å²) in [5, 5.41) is 9.93. The van der Waals surface area contributed by atoms with Gasteiger partial charge in [0.15, 0.2) is 9.84 Å². The lowest BCUT2D eigenvalue weighted by atomic mass is 10.1. The third-order valence-corrected chi connectivity index (χ3v) is 7.16. The van der Waals surface area contributed by atoms with Crippen molar-refractivity contribution < 1.29 is 25.1 Å². The quantitative estimate of drug-likeness (QED) is 0.499. The molecule has 0 radical (unpaired) electrons. The van der Waals surface area contributed by atoms with Crippen molar-refractivity contribution in [3.8, 4) is 5.75 Å². The van der Waals surface area contributed by atoms with Gasteiger partial charge in [-0.15, -0.1) is 0 Å². The van der Waals surface area contributed by atoms with Gasteiger partial charge in [0, 0.05) is 16.7 Å². The van der Waals surface area contributed by atoms with Crippen LogP contribution < -0.4 is 4.74 Å². The zero-order chi connectivity index (χ0) is 27.8. The van der Waals surface area contributed by atoms with E-state index in [4.69, 9.17) is 11.6 Å². The van der Waals surface area contributed by atoms with E-state index in [1.165, 1.54) is 0 Å². The molecular weight excluding hydrogens is 434 g/mol. The number of aryl methyl sites for hydroxylation is 1. The van der Waals surface area contributed by atoms with E-state index in [1.54, 1.807) is 60.7 Å². The number of likely N-dealkylation sites (tertiary alicyclic amines) is 1. The Kier molecular flexibility index (Phi) is 5.66. The zero-order valence-corrected chi connectivity index (χ0v) is 19.3. The van der Waals surface area contributed by atoms with Gasteiger partial charge < -0.3 is 9.84 Å². The van der Waals surface area contributed by atoms with Gasteiger partial charge in [0.05, 0.1) is 19.9 Å². The Hall–Kier alpha value is -2.67. The summed E-state index contributed by atoms with van der Waals surface area (Å²) in [7, 11) is -3.49. The second-order valence-electron chi connectivity index (χ2n) is 8.13. The molecule has 1 fully saturated rings. The molecule has 0 bridgehead atoms. The molecule has 33 heavy (non-hydrogen) atoms. The Morgan fingerprint density at radius 3 is 2.55 bits per heavy atom. The minimum atomic E-state index is -3.49. The number of benzene rings is 3. The van der Waals surface area contributed by atoms with Gasteiger partial charge in [-0.2, -0.15) is 0 Å². The van der Waals surface area contributed by atoms with Gasteiger partial charge in [0.1, 0.15) is 12.4 Å². The summed E-state index contributed by atoms with van der Waals surface area (Å²) in [4.78, 5) is 1.34. The summed E-state index contributed by atoms with van der Waals surface area (Å²) in [5.74, 6) is 0.401. The topological polar surface area (TPSA) is 66.8 Å². The van der Waals surface area contributed by atoms with E-state index in [0.717, 1.165) is 16.0 Å². The fourth-order valence-corrected chi connectivity index (χ4v) is 5.16. The van der Waals surface area contributed by atoms with Crippen LogP contribution in [0.3, 0.4) is 0 Å². The Bertz CT molecular complexity index is 1380. The van der Waals surface area contributed by atoms with Crippen LogP contribution in [0, 0.1) is 6.92 Å². The number of ether oxygens (including phenoxy) is 1. The highest BCUT2D eigenvalue weighted by molar-refractivity contribution is 7.90. The largest absolute Gasteiger partial charge is 0.489 e. The summed E-state index contributed by atoms with van der Waals surface area (Å²) < 4.78 is 71.7. The highest BCUT2D eigenvalue weighted by Gasteiger charge is 2.23. The molecule has 1 saturated heterocycles. The predicted molar refractivity (Wildman–Crippen MR) is 130 cm³/mol. The van der Waals surface area contributed by atoms with Gasteiger partial charge in [0.25, 0.3) is 0 Å². The maximum absolute atomic E-state index is 12.8. The van der Waals surface area contributed by atoms with E-state index in [1.807, 2.05) is 19.1 Å². The number of hydrogen-bond donors (Lipinski definition) is 1. The number of rotatable bonds is 9. The number of nitrogens with zero attached hydrogens (tertiary/aromatic N) is 1. The molecule has 1 atom stereocenters. The number of hydrogen-bond acceptors (Lipinski definition) is 5. The molecule has 1 aliphatic rings. The molecule has 3 aromatic rings. The first-order chi connectivity index (χ1) is 17.7. The van der Waals surface area contributed by atoms with Crippen LogP contribution in [0.1, 0.15) is 41.9 Å². The summed E-state index contributed by atoms with van der Waals surface area (Å²) in [6.45, 7) is -2.73. The lowest BCUT2D eigenvalue weighted by molar-refractivity contribution is 0.153. The third kappa shape index (κ3) is 6.22. The van der Waals surface area contributed by atoms with Gasteiger partial charge in [-0.25, -0.2) is 8.42 Å². The molecule has 0 aliphatic carbocycles. The van der Waals surface area contributed by atoms with Crippen LogP contribution in [0.15, 0.2) is 77.7 Å². The minimum absolute atomic E-state index is 0.0329. The molecule has 0 amide bonds. The van der Waals surface area contributed by atoms with Gasteiger partial charge in [-0.1, -0.05) is 48.5 Å².